The summed E-state index contributed by atoms with van der Waals surface area (Å²) in [6, 6.07) is 0. The SMILES string of the molecule is C[C@]12CC[C@H]3[C@@H](CCC4=CC(=O)CC(O)[C@@]43C)[C@@H]1CC[C@@H]2C(=O)C(O)(O)O. The van der Waals surface area contributed by atoms with Crippen LogP contribution in [-0.4, -0.2) is 44.1 Å². The minimum Gasteiger partial charge on any atom is -0.392 e. The van der Waals surface area contributed by atoms with E-state index in [1.165, 1.54) is 0 Å². The fourth-order valence-electron chi connectivity index (χ4n) is 7.27. The van der Waals surface area contributed by atoms with Gasteiger partial charge in [-0.25, -0.2) is 0 Å². The summed E-state index contributed by atoms with van der Waals surface area (Å²) in [6.45, 7) is 4.14. The summed E-state index contributed by atoms with van der Waals surface area (Å²) in [5, 5.41) is 39.1. The Kier molecular flexibility index (Phi) is 4.25. The fourth-order valence-corrected chi connectivity index (χ4v) is 7.27. The van der Waals surface area contributed by atoms with Crippen molar-refractivity contribution in [2.45, 2.75) is 70.9 Å². The molecular weight excluding hydrogens is 348 g/mol. The van der Waals surface area contributed by atoms with Crippen LogP contribution in [0.25, 0.3) is 0 Å². The van der Waals surface area contributed by atoms with Gasteiger partial charge in [0.2, 0.25) is 5.78 Å². The highest BCUT2D eigenvalue weighted by atomic mass is 16.7. The molecule has 0 amide bonds. The maximum Gasteiger partial charge on any atom is 0.339 e. The topological polar surface area (TPSA) is 115 Å². The summed E-state index contributed by atoms with van der Waals surface area (Å²) in [6.07, 6.45) is 5.90. The molecule has 0 aliphatic heterocycles. The van der Waals surface area contributed by atoms with Crippen molar-refractivity contribution in [3.63, 3.8) is 0 Å². The van der Waals surface area contributed by atoms with Crippen molar-refractivity contribution in [2.24, 2.45) is 34.5 Å². The second-order valence-corrected chi connectivity index (χ2v) is 9.73. The molecule has 4 aliphatic carbocycles. The lowest BCUT2D eigenvalue weighted by molar-refractivity contribution is -0.291. The molecule has 150 valence electrons. The van der Waals surface area contributed by atoms with Gasteiger partial charge in [0, 0.05) is 17.8 Å². The lowest BCUT2D eigenvalue weighted by Crippen LogP contribution is -2.56. The van der Waals surface area contributed by atoms with Crippen LogP contribution in [0.2, 0.25) is 0 Å². The fraction of sp³-hybridized carbons (Fsp3) is 0.810. The van der Waals surface area contributed by atoms with Gasteiger partial charge in [-0.1, -0.05) is 19.4 Å². The Balaban J connectivity index is 1.66. The molecular formula is C21H30O6. The molecule has 0 spiro atoms. The third-order valence-electron chi connectivity index (χ3n) is 8.72. The second-order valence-electron chi connectivity index (χ2n) is 9.73. The molecule has 0 bridgehead atoms. The third kappa shape index (κ3) is 2.60. The molecule has 7 atom stereocenters. The number of carbonyl (C=O) groups excluding carboxylic acids is 2. The highest BCUT2D eigenvalue weighted by Gasteiger charge is 2.63. The zero-order chi connectivity index (χ0) is 19.8. The summed E-state index contributed by atoms with van der Waals surface area (Å²) >= 11 is 0. The Morgan fingerprint density at radius 2 is 1.81 bits per heavy atom. The van der Waals surface area contributed by atoms with Gasteiger partial charge in [-0.2, -0.15) is 0 Å². The number of rotatable bonds is 2. The van der Waals surface area contributed by atoms with E-state index in [9.17, 15) is 30.0 Å². The Hall–Kier alpha value is -1.08. The second kappa shape index (κ2) is 5.96. The molecule has 4 rings (SSSR count). The number of carbonyl (C=O) groups is 2. The normalized spacial score (nSPS) is 47.0. The zero-order valence-electron chi connectivity index (χ0n) is 16.0. The first-order valence-electron chi connectivity index (χ1n) is 10.1. The van der Waals surface area contributed by atoms with E-state index in [4.69, 9.17) is 0 Å². The smallest absolute Gasteiger partial charge is 0.339 e. The van der Waals surface area contributed by atoms with Gasteiger partial charge in [-0.05, 0) is 67.8 Å². The Labute approximate surface area is 159 Å². The van der Waals surface area contributed by atoms with E-state index in [2.05, 4.69) is 6.92 Å². The molecule has 0 aromatic rings. The number of fused-ring (bicyclic) bond motifs is 5. The molecule has 4 N–H and O–H groups in total. The Morgan fingerprint density at radius 1 is 1.11 bits per heavy atom. The van der Waals surface area contributed by atoms with Crippen LogP contribution in [0.4, 0.5) is 0 Å². The summed E-state index contributed by atoms with van der Waals surface area (Å²) in [4.78, 5) is 24.4. The largest absolute Gasteiger partial charge is 0.392 e. The lowest BCUT2D eigenvalue weighted by Gasteiger charge is -2.59. The van der Waals surface area contributed by atoms with Crippen molar-refractivity contribution in [1.82, 2.24) is 0 Å². The maximum atomic E-state index is 12.4. The van der Waals surface area contributed by atoms with Crippen molar-refractivity contribution in [2.75, 3.05) is 0 Å². The summed E-state index contributed by atoms with van der Waals surface area (Å²) in [5.74, 6) is -3.88. The van der Waals surface area contributed by atoms with Crippen LogP contribution >= 0.6 is 0 Å². The van der Waals surface area contributed by atoms with Crippen molar-refractivity contribution in [1.29, 1.82) is 0 Å². The first-order chi connectivity index (χ1) is 12.5. The van der Waals surface area contributed by atoms with Gasteiger partial charge in [0.05, 0.1) is 6.10 Å². The number of aliphatic hydroxyl groups is 4. The van der Waals surface area contributed by atoms with Gasteiger partial charge in [0.1, 0.15) is 0 Å². The number of aliphatic hydroxyl groups excluding tert-OH is 1. The minimum atomic E-state index is -3.27. The Bertz CT molecular complexity index is 706. The average Bonchev–Trinajstić information content (AvgIpc) is 2.92. The molecule has 0 radical (unpaired) electrons. The van der Waals surface area contributed by atoms with Gasteiger partial charge in [-0.3, -0.25) is 9.59 Å². The summed E-state index contributed by atoms with van der Waals surface area (Å²) < 4.78 is 0. The van der Waals surface area contributed by atoms with E-state index in [0.717, 1.165) is 37.7 Å². The van der Waals surface area contributed by atoms with Crippen molar-refractivity contribution in [3.05, 3.63) is 11.6 Å². The molecule has 0 heterocycles. The monoisotopic (exact) mass is 378 g/mol. The minimum absolute atomic E-state index is 0.00535. The predicted octanol–water partition coefficient (Wildman–Crippen LogP) is 1.31. The quantitative estimate of drug-likeness (QED) is 0.539. The average molecular weight is 378 g/mol. The molecule has 0 aromatic heterocycles. The van der Waals surface area contributed by atoms with Gasteiger partial charge in [0.15, 0.2) is 5.78 Å². The van der Waals surface area contributed by atoms with E-state index in [1.807, 2.05) is 6.92 Å². The van der Waals surface area contributed by atoms with E-state index in [0.29, 0.717) is 12.3 Å². The van der Waals surface area contributed by atoms with Crippen LogP contribution in [0, 0.1) is 34.5 Å². The van der Waals surface area contributed by atoms with Crippen molar-refractivity contribution >= 4 is 11.6 Å². The number of Topliss-reactive ketones (excluding diaryl/α,β-unsaturated/α-hetero) is 1. The van der Waals surface area contributed by atoms with Gasteiger partial charge >= 0.3 is 5.97 Å². The lowest BCUT2D eigenvalue weighted by atomic mass is 9.46. The maximum absolute atomic E-state index is 12.4. The van der Waals surface area contributed by atoms with Crippen LogP contribution in [0.5, 0.6) is 0 Å². The molecule has 6 heteroatoms. The first kappa shape index (κ1) is 19.2. The number of hydrogen-bond donors (Lipinski definition) is 4. The van der Waals surface area contributed by atoms with Gasteiger partial charge in [0.25, 0.3) is 0 Å². The molecule has 3 fully saturated rings. The first-order valence-corrected chi connectivity index (χ1v) is 10.1. The predicted molar refractivity (Wildman–Crippen MR) is 96.0 cm³/mol. The Morgan fingerprint density at radius 3 is 2.48 bits per heavy atom. The van der Waals surface area contributed by atoms with Crippen LogP contribution in [-0.2, 0) is 9.59 Å². The molecule has 3 saturated carbocycles. The van der Waals surface area contributed by atoms with Crippen molar-refractivity contribution < 1.29 is 30.0 Å². The highest BCUT2D eigenvalue weighted by Crippen LogP contribution is 2.66. The molecule has 0 aromatic carbocycles. The molecule has 27 heavy (non-hydrogen) atoms. The molecule has 1 unspecified atom stereocenters. The van der Waals surface area contributed by atoms with Crippen LogP contribution in [0.15, 0.2) is 11.6 Å². The number of hydrogen-bond acceptors (Lipinski definition) is 6. The van der Waals surface area contributed by atoms with Crippen molar-refractivity contribution in [3.8, 4) is 0 Å². The highest BCUT2D eigenvalue weighted by molar-refractivity contribution is 5.92. The van der Waals surface area contributed by atoms with E-state index in [1.54, 1.807) is 6.08 Å². The molecule has 0 saturated heterocycles. The van der Waals surface area contributed by atoms with Crippen LogP contribution in [0.3, 0.4) is 0 Å². The summed E-state index contributed by atoms with van der Waals surface area (Å²) in [7, 11) is 0. The third-order valence-corrected chi connectivity index (χ3v) is 8.72. The summed E-state index contributed by atoms with van der Waals surface area (Å²) in [5.41, 5.74) is 0.307. The van der Waals surface area contributed by atoms with E-state index < -0.39 is 29.2 Å². The van der Waals surface area contributed by atoms with Gasteiger partial charge in [-0.15, -0.1) is 0 Å². The van der Waals surface area contributed by atoms with E-state index in [-0.39, 0.29) is 29.5 Å². The standard InChI is InChI=1S/C21H30O6/c1-19-8-7-15-13(14(19)5-6-16(19)18(24)21(25,26)27)4-3-11-9-12(22)10-17(23)20(11,15)2/h9,13-17,23,25-27H,3-8,10H2,1-2H3/t13-,14-,15-,16+,17?,19-,20-/m0/s1. The molecule has 6 nitrogen and oxygen atoms in total. The van der Waals surface area contributed by atoms with E-state index >= 15 is 0 Å². The zero-order valence-corrected chi connectivity index (χ0v) is 16.0. The molecule has 4 aliphatic rings. The van der Waals surface area contributed by atoms with Gasteiger partial charge < -0.3 is 20.4 Å². The van der Waals surface area contributed by atoms with Crippen LogP contribution < -0.4 is 0 Å². The van der Waals surface area contributed by atoms with Crippen LogP contribution in [0.1, 0.15) is 58.8 Å². The number of ketones is 2.